The highest BCUT2D eigenvalue weighted by atomic mass is 16.3. The Hall–Kier alpha value is -1.26. The molecule has 0 aliphatic rings. The van der Waals surface area contributed by atoms with E-state index in [0.29, 0.717) is 17.5 Å². The van der Waals surface area contributed by atoms with Crippen molar-refractivity contribution in [3.05, 3.63) is 23.3 Å². The molecule has 0 amide bonds. The van der Waals surface area contributed by atoms with Crippen LogP contribution in [0.15, 0.2) is 12.1 Å². The zero-order chi connectivity index (χ0) is 10.7. The predicted molar refractivity (Wildman–Crippen MR) is 53.2 cm³/mol. The molecule has 0 fully saturated rings. The van der Waals surface area contributed by atoms with E-state index in [1.807, 2.05) is 6.92 Å². The van der Waals surface area contributed by atoms with Crippen LogP contribution in [0.4, 0.5) is 0 Å². The Balaban J connectivity index is 3.23. The molecule has 1 aromatic rings. The lowest BCUT2D eigenvalue weighted by atomic mass is 9.99. The van der Waals surface area contributed by atoms with E-state index in [1.54, 1.807) is 6.07 Å². The van der Waals surface area contributed by atoms with E-state index in [9.17, 15) is 15.3 Å². The van der Waals surface area contributed by atoms with Crippen LogP contribution in [0, 0.1) is 0 Å². The summed E-state index contributed by atoms with van der Waals surface area (Å²) >= 11 is 0. The molecule has 0 unspecified atom stereocenters. The Morgan fingerprint density at radius 3 is 2.50 bits per heavy atom. The maximum atomic E-state index is 9.54. The first-order chi connectivity index (χ1) is 6.61. The fourth-order valence-corrected chi connectivity index (χ4v) is 1.45. The van der Waals surface area contributed by atoms with Crippen LogP contribution in [0.2, 0.25) is 0 Å². The van der Waals surface area contributed by atoms with E-state index in [2.05, 4.69) is 0 Å². The van der Waals surface area contributed by atoms with Crippen molar-refractivity contribution in [2.45, 2.75) is 19.4 Å². The van der Waals surface area contributed by atoms with Crippen LogP contribution in [0.5, 0.6) is 11.5 Å². The second kappa shape index (κ2) is 4.30. The Morgan fingerprint density at radius 1 is 1.36 bits per heavy atom. The molecule has 1 rings (SSSR count). The summed E-state index contributed by atoms with van der Waals surface area (Å²) in [6.07, 6.45) is -0.261. The molecule has 0 aromatic heterocycles. The number of nitrogens with two attached hydrogens (primary N) is 1. The van der Waals surface area contributed by atoms with Crippen molar-refractivity contribution < 1.29 is 15.3 Å². The van der Waals surface area contributed by atoms with Gasteiger partial charge in [-0.2, -0.15) is 0 Å². The number of phenols is 2. The predicted octanol–water partition coefficient (Wildman–Crippen LogP) is 0.652. The van der Waals surface area contributed by atoms with E-state index in [-0.39, 0.29) is 18.0 Å². The molecule has 1 atom stereocenters. The smallest absolute Gasteiger partial charge is 0.161 e. The van der Waals surface area contributed by atoms with Gasteiger partial charge in [0.25, 0.3) is 0 Å². The first-order valence-electron chi connectivity index (χ1n) is 4.53. The van der Waals surface area contributed by atoms with Crippen LogP contribution in [-0.2, 0) is 6.42 Å². The third-order valence-corrected chi connectivity index (χ3v) is 2.23. The number of aromatic hydroxyl groups is 2. The SMILES string of the molecule is CCc1c([C@@H](O)CN)ccc(O)c1O. The minimum Gasteiger partial charge on any atom is -0.504 e. The molecule has 78 valence electrons. The Labute approximate surface area is 82.6 Å². The number of hydrogen-bond donors (Lipinski definition) is 4. The van der Waals surface area contributed by atoms with Crippen LogP contribution in [0.3, 0.4) is 0 Å². The summed E-state index contributed by atoms with van der Waals surface area (Å²) in [7, 11) is 0. The molecule has 5 N–H and O–H groups in total. The number of aliphatic hydroxyl groups excluding tert-OH is 1. The van der Waals surface area contributed by atoms with Crippen molar-refractivity contribution in [1.29, 1.82) is 0 Å². The Kier molecular flexibility index (Phi) is 3.33. The topological polar surface area (TPSA) is 86.7 Å². The monoisotopic (exact) mass is 197 g/mol. The summed E-state index contributed by atoms with van der Waals surface area (Å²) in [5.41, 5.74) is 6.44. The first kappa shape index (κ1) is 10.8. The molecule has 0 aliphatic carbocycles. The van der Waals surface area contributed by atoms with Gasteiger partial charge in [0.2, 0.25) is 0 Å². The van der Waals surface area contributed by atoms with Gasteiger partial charge in [0, 0.05) is 12.1 Å². The fourth-order valence-electron chi connectivity index (χ4n) is 1.45. The van der Waals surface area contributed by atoms with Gasteiger partial charge in [-0.1, -0.05) is 13.0 Å². The Bertz CT molecular complexity index is 325. The molecule has 0 saturated heterocycles. The van der Waals surface area contributed by atoms with Gasteiger partial charge in [-0.25, -0.2) is 0 Å². The molecule has 0 saturated carbocycles. The number of hydrogen-bond acceptors (Lipinski definition) is 4. The van der Waals surface area contributed by atoms with Crippen molar-refractivity contribution in [1.82, 2.24) is 0 Å². The summed E-state index contributed by atoms with van der Waals surface area (Å²) in [5, 5.41) is 28.3. The van der Waals surface area contributed by atoms with Gasteiger partial charge in [0.15, 0.2) is 11.5 Å². The van der Waals surface area contributed by atoms with Crippen LogP contribution in [0.25, 0.3) is 0 Å². The first-order valence-corrected chi connectivity index (χ1v) is 4.53. The average Bonchev–Trinajstić information content (AvgIpc) is 2.20. The molecule has 0 heterocycles. The van der Waals surface area contributed by atoms with E-state index >= 15 is 0 Å². The number of aliphatic hydroxyl groups is 1. The zero-order valence-corrected chi connectivity index (χ0v) is 8.07. The molecule has 4 heteroatoms. The lowest BCUT2D eigenvalue weighted by molar-refractivity contribution is 0.185. The highest BCUT2D eigenvalue weighted by molar-refractivity contribution is 5.49. The van der Waals surface area contributed by atoms with E-state index in [0.717, 1.165) is 0 Å². The van der Waals surface area contributed by atoms with Gasteiger partial charge >= 0.3 is 0 Å². The highest BCUT2D eigenvalue weighted by Crippen LogP contribution is 2.34. The van der Waals surface area contributed by atoms with E-state index < -0.39 is 6.10 Å². The van der Waals surface area contributed by atoms with Crippen molar-refractivity contribution in [2.24, 2.45) is 5.73 Å². The maximum absolute atomic E-state index is 9.54. The summed E-state index contributed by atoms with van der Waals surface area (Å²) < 4.78 is 0. The summed E-state index contributed by atoms with van der Waals surface area (Å²) in [4.78, 5) is 0. The highest BCUT2D eigenvalue weighted by Gasteiger charge is 2.15. The molecule has 4 nitrogen and oxygen atoms in total. The molecule has 1 aromatic carbocycles. The standard InChI is InChI=1S/C10H15NO3/c1-2-6-7(9(13)5-11)3-4-8(12)10(6)14/h3-4,9,12-14H,2,5,11H2,1H3/t9-/m0/s1. The van der Waals surface area contributed by atoms with Gasteiger partial charge in [-0.05, 0) is 18.1 Å². The quantitative estimate of drug-likeness (QED) is 0.536. The largest absolute Gasteiger partial charge is 0.504 e. The van der Waals surface area contributed by atoms with Gasteiger partial charge in [0.05, 0.1) is 6.10 Å². The van der Waals surface area contributed by atoms with Gasteiger partial charge in [-0.15, -0.1) is 0 Å². The Morgan fingerprint density at radius 2 is 2.00 bits per heavy atom. The molecule has 0 spiro atoms. The van der Waals surface area contributed by atoms with Crippen molar-refractivity contribution in [3.8, 4) is 11.5 Å². The minimum atomic E-state index is -0.795. The lowest BCUT2D eigenvalue weighted by Crippen LogP contribution is -2.13. The van der Waals surface area contributed by atoms with Gasteiger partial charge < -0.3 is 21.1 Å². The van der Waals surface area contributed by atoms with Crippen LogP contribution in [-0.4, -0.2) is 21.9 Å². The summed E-state index contributed by atoms with van der Waals surface area (Å²) in [6, 6.07) is 2.92. The van der Waals surface area contributed by atoms with Crippen LogP contribution in [0.1, 0.15) is 24.2 Å². The van der Waals surface area contributed by atoms with Gasteiger partial charge in [-0.3, -0.25) is 0 Å². The average molecular weight is 197 g/mol. The third-order valence-electron chi connectivity index (χ3n) is 2.23. The molecular formula is C10H15NO3. The molecular weight excluding hydrogens is 182 g/mol. The van der Waals surface area contributed by atoms with Crippen molar-refractivity contribution in [2.75, 3.05) is 6.54 Å². The number of rotatable bonds is 3. The maximum Gasteiger partial charge on any atom is 0.161 e. The minimum absolute atomic E-state index is 0.0945. The summed E-state index contributed by atoms with van der Waals surface area (Å²) in [5.74, 6) is -0.340. The van der Waals surface area contributed by atoms with E-state index in [1.165, 1.54) is 6.07 Å². The van der Waals surface area contributed by atoms with Gasteiger partial charge in [0.1, 0.15) is 0 Å². The van der Waals surface area contributed by atoms with E-state index in [4.69, 9.17) is 5.73 Å². The fraction of sp³-hybridized carbons (Fsp3) is 0.400. The van der Waals surface area contributed by atoms with Crippen LogP contribution >= 0.6 is 0 Å². The summed E-state index contributed by atoms with van der Waals surface area (Å²) in [6.45, 7) is 1.93. The molecule has 0 bridgehead atoms. The van der Waals surface area contributed by atoms with Crippen LogP contribution < -0.4 is 5.73 Å². The zero-order valence-electron chi connectivity index (χ0n) is 8.07. The second-order valence-corrected chi connectivity index (χ2v) is 3.11. The van der Waals surface area contributed by atoms with Crippen molar-refractivity contribution in [3.63, 3.8) is 0 Å². The number of phenolic OH excluding ortho intramolecular Hbond substituents is 2. The van der Waals surface area contributed by atoms with Crippen molar-refractivity contribution >= 4 is 0 Å². The normalized spacial score (nSPS) is 12.8. The third kappa shape index (κ3) is 1.81. The molecule has 14 heavy (non-hydrogen) atoms. The molecule has 0 radical (unpaired) electrons. The number of benzene rings is 1. The molecule has 0 aliphatic heterocycles. The second-order valence-electron chi connectivity index (χ2n) is 3.11. The lowest BCUT2D eigenvalue weighted by Gasteiger charge is -2.14.